The van der Waals surface area contributed by atoms with Crippen LogP contribution in [0, 0.1) is 0 Å². The van der Waals surface area contributed by atoms with Crippen molar-refractivity contribution < 1.29 is 14.3 Å². The first kappa shape index (κ1) is 25.1. The number of aryl methyl sites for hydroxylation is 1. The largest absolute Gasteiger partial charge is 0.493 e. The van der Waals surface area contributed by atoms with Crippen LogP contribution < -0.4 is 9.47 Å². The average Bonchev–Trinajstić information content (AvgIpc) is 3.17. The zero-order valence-electron chi connectivity index (χ0n) is 20.0. The van der Waals surface area contributed by atoms with Crippen molar-refractivity contribution in [1.29, 1.82) is 0 Å². The molecule has 5 nitrogen and oxygen atoms in total. The highest BCUT2D eigenvalue weighted by molar-refractivity contribution is 9.10. The number of likely N-dealkylation sites (N-methyl/N-ethyl adjacent to an activating group) is 1. The number of carbonyl (C=O) groups is 1. The van der Waals surface area contributed by atoms with E-state index in [2.05, 4.69) is 28.9 Å². The normalized spacial score (nSPS) is 15.8. The van der Waals surface area contributed by atoms with Crippen molar-refractivity contribution in [3.05, 3.63) is 92.8 Å². The number of para-hydroxylation sites is 1. The number of carbonyl (C=O) groups excluding carboxylic acids is 1. The highest BCUT2D eigenvalue weighted by Gasteiger charge is 2.32. The van der Waals surface area contributed by atoms with Crippen LogP contribution in [-0.4, -0.2) is 29.6 Å². The second kappa shape index (κ2) is 11.6. The summed E-state index contributed by atoms with van der Waals surface area (Å²) in [6.07, 6.45) is 2.76. The maximum absolute atomic E-state index is 13.2. The van der Waals surface area contributed by atoms with Gasteiger partial charge in [0.2, 0.25) is 0 Å². The number of hydrogen-bond acceptors (Lipinski definition) is 5. The molecule has 1 aliphatic heterocycles. The fourth-order valence-corrected chi connectivity index (χ4v) is 5.37. The standard InChI is InChI=1S/C28H27BrN2O3S/c1-4-21-13-9-10-14-23(21)30-28-31(5-2)27(32)25(35-28)17-20-15-22(29)26(24(16-20)33-3)34-18-19-11-7-6-8-12-19/h6-17H,4-5,18H2,1-3H3/b25-17+,30-28?. The molecule has 1 fully saturated rings. The fraction of sp³-hybridized carbons (Fsp3) is 0.214. The van der Waals surface area contributed by atoms with Gasteiger partial charge >= 0.3 is 0 Å². The molecule has 1 heterocycles. The Labute approximate surface area is 219 Å². The molecule has 0 unspecified atom stereocenters. The molecular formula is C28H27BrN2O3S. The number of halogens is 1. The van der Waals surface area contributed by atoms with Gasteiger partial charge in [0, 0.05) is 6.54 Å². The van der Waals surface area contributed by atoms with Crippen molar-refractivity contribution in [1.82, 2.24) is 4.90 Å². The van der Waals surface area contributed by atoms with Gasteiger partial charge in [0.15, 0.2) is 16.7 Å². The van der Waals surface area contributed by atoms with Crippen LogP contribution in [0.1, 0.15) is 30.5 Å². The van der Waals surface area contributed by atoms with E-state index in [4.69, 9.17) is 14.5 Å². The number of thioether (sulfide) groups is 1. The van der Waals surface area contributed by atoms with Crippen LogP contribution in [0.3, 0.4) is 0 Å². The lowest BCUT2D eigenvalue weighted by Gasteiger charge is -2.14. The number of methoxy groups -OCH3 is 1. The lowest BCUT2D eigenvalue weighted by atomic mass is 10.1. The van der Waals surface area contributed by atoms with Gasteiger partial charge in [0.05, 0.1) is 22.2 Å². The Morgan fingerprint density at radius 1 is 1.06 bits per heavy atom. The molecule has 4 rings (SSSR count). The van der Waals surface area contributed by atoms with Crippen LogP contribution in [0.15, 0.2) is 81.1 Å². The molecule has 1 amide bonds. The predicted octanol–water partition coefficient (Wildman–Crippen LogP) is 7.22. The molecule has 0 bridgehead atoms. The van der Waals surface area contributed by atoms with Gasteiger partial charge in [-0.1, -0.05) is 55.5 Å². The van der Waals surface area contributed by atoms with E-state index in [1.54, 1.807) is 12.0 Å². The minimum absolute atomic E-state index is 0.0512. The summed E-state index contributed by atoms with van der Waals surface area (Å²) in [5, 5.41) is 0.693. The Kier molecular flexibility index (Phi) is 8.31. The van der Waals surface area contributed by atoms with Gasteiger partial charge in [-0.25, -0.2) is 4.99 Å². The van der Waals surface area contributed by atoms with E-state index in [9.17, 15) is 4.79 Å². The summed E-state index contributed by atoms with van der Waals surface area (Å²) in [6, 6.07) is 21.8. The Morgan fingerprint density at radius 3 is 2.51 bits per heavy atom. The summed E-state index contributed by atoms with van der Waals surface area (Å²) in [7, 11) is 1.61. The lowest BCUT2D eigenvalue weighted by molar-refractivity contribution is -0.122. The van der Waals surface area contributed by atoms with Crippen molar-refractivity contribution in [3.63, 3.8) is 0 Å². The number of ether oxygens (including phenoxy) is 2. The third-order valence-electron chi connectivity index (χ3n) is 5.57. The van der Waals surface area contributed by atoms with Crippen molar-refractivity contribution in [2.75, 3.05) is 13.7 Å². The molecule has 1 saturated heterocycles. The second-order valence-electron chi connectivity index (χ2n) is 7.85. The first-order valence-electron chi connectivity index (χ1n) is 11.5. The van der Waals surface area contributed by atoms with Crippen LogP contribution in [0.5, 0.6) is 11.5 Å². The van der Waals surface area contributed by atoms with Gasteiger partial charge < -0.3 is 9.47 Å². The van der Waals surface area contributed by atoms with E-state index in [1.165, 1.54) is 11.8 Å². The summed E-state index contributed by atoms with van der Waals surface area (Å²) >= 11 is 5.01. The molecule has 0 atom stereocenters. The monoisotopic (exact) mass is 550 g/mol. The molecule has 0 aromatic heterocycles. The van der Waals surface area contributed by atoms with Crippen LogP contribution >= 0.6 is 27.7 Å². The zero-order valence-corrected chi connectivity index (χ0v) is 22.4. The summed E-state index contributed by atoms with van der Waals surface area (Å²) in [5.74, 6) is 1.16. The predicted molar refractivity (Wildman–Crippen MR) is 147 cm³/mol. The molecular weight excluding hydrogens is 524 g/mol. The first-order valence-corrected chi connectivity index (χ1v) is 13.1. The van der Waals surface area contributed by atoms with Crippen molar-refractivity contribution >= 4 is 50.5 Å². The highest BCUT2D eigenvalue weighted by Crippen LogP contribution is 2.40. The molecule has 7 heteroatoms. The summed E-state index contributed by atoms with van der Waals surface area (Å²) < 4.78 is 12.4. The highest BCUT2D eigenvalue weighted by atomic mass is 79.9. The number of benzene rings is 3. The van der Waals surface area contributed by atoms with Crippen LogP contribution in [-0.2, 0) is 17.8 Å². The second-order valence-corrected chi connectivity index (χ2v) is 9.71. The van der Waals surface area contributed by atoms with Gasteiger partial charge in [-0.2, -0.15) is 0 Å². The molecule has 0 N–H and O–H groups in total. The zero-order chi connectivity index (χ0) is 24.8. The maximum atomic E-state index is 13.2. The van der Waals surface area contributed by atoms with Gasteiger partial charge in [-0.3, -0.25) is 9.69 Å². The molecule has 0 radical (unpaired) electrons. The number of rotatable bonds is 8. The molecule has 1 aliphatic rings. The number of aliphatic imine (C=N–C) groups is 1. The summed E-state index contributed by atoms with van der Waals surface area (Å²) in [5.41, 5.74) is 3.95. The van der Waals surface area contributed by atoms with Gasteiger partial charge in [-0.05, 0) is 82.0 Å². The molecule has 0 spiro atoms. The smallest absolute Gasteiger partial charge is 0.266 e. The van der Waals surface area contributed by atoms with Crippen LogP contribution in [0.25, 0.3) is 6.08 Å². The number of amidine groups is 1. The first-order chi connectivity index (χ1) is 17.0. The topological polar surface area (TPSA) is 51.1 Å². The Balaban J connectivity index is 1.61. The van der Waals surface area contributed by atoms with E-state index in [0.717, 1.165) is 33.3 Å². The van der Waals surface area contributed by atoms with E-state index >= 15 is 0 Å². The molecule has 0 saturated carbocycles. The Hall–Kier alpha value is -3.03. The molecule has 3 aromatic carbocycles. The van der Waals surface area contributed by atoms with E-state index < -0.39 is 0 Å². The quantitative estimate of drug-likeness (QED) is 0.278. The number of hydrogen-bond donors (Lipinski definition) is 0. The Bertz CT molecular complexity index is 1270. The fourth-order valence-electron chi connectivity index (χ4n) is 3.74. The summed E-state index contributed by atoms with van der Waals surface area (Å²) in [4.78, 5) is 20.3. The van der Waals surface area contributed by atoms with Gasteiger partial charge in [0.25, 0.3) is 5.91 Å². The van der Waals surface area contributed by atoms with Gasteiger partial charge in [-0.15, -0.1) is 0 Å². The third-order valence-corrected chi connectivity index (χ3v) is 7.16. The SMILES string of the molecule is CCc1ccccc1N=C1S/C(=C/c2cc(Br)c(OCc3ccccc3)c(OC)c2)C(=O)N1CC. The van der Waals surface area contributed by atoms with Crippen molar-refractivity contribution in [3.8, 4) is 11.5 Å². The lowest BCUT2D eigenvalue weighted by Crippen LogP contribution is -2.28. The minimum Gasteiger partial charge on any atom is -0.493 e. The Morgan fingerprint density at radius 2 is 1.80 bits per heavy atom. The van der Waals surface area contributed by atoms with E-state index in [0.29, 0.717) is 34.7 Å². The minimum atomic E-state index is -0.0512. The van der Waals surface area contributed by atoms with E-state index in [-0.39, 0.29) is 5.91 Å². The van der Waals surface area contributed by atoms with E-state index in [1.807, 2.05) is 73.7 Å². The maximum Gasteiger partial charge on any atom is 0.266 e. The molecule has 35 heavy (non-hydrogen) atoms. The van der Waals surface area contributed by atoms with Crippen molar-refractivity contribution in [2.45, 2.75) is 26.9 Å². The van der Waals surface area contributed by atoms with Crippen LogP contribution in [0.2, 0.25) is 0 Å². The molecule has 3 aromatic rings. The average molecular weight is 552 g/mol. The molecule has 0 aliphatic carbocycles. The number of nitrogens with zero attached hydrogens (tertiary/aromatic N) is 2. The van der Waals surface area contributed by atoms with Gasteiger partial charge in [0.1, 0.15) is 6.61 Å². The van der Waals surface area contributed by atoms with Crippen LogP contribution in [0.4, 0.5) is 5.69 Å². The molecule has 180 valence electrons. The van der Waals surface area contributed by atoms with Crippen molar-refractivity contribution in [2.24, 2.45) is 4.99 Å². The number of amides is 1. The summed E-state index contributed by atoms with van der Waals surface area (Å²) in [6.45, 7) is 5.04. The third kappa shape index (κ3) is 5.80.